The second-order valence-corrected chi connectivity index (χ2v) is 6.21. The van der Waals surface area contributed by atoms with Gasteiger partial charge in [-0.2, -0.15) is 0 Å². The van der Waals surface area contributed by atoms with E-state index >= 15 is 0 Å². The second-order valence-electron chi connectivity index (χ2n) is 6.21. The number of nitrogens with one attached hydrogen (secondary N) is 1. The molecule has 1 fully saturated rings. The molecule has 2 aromatic rings. The van der Waals surface area contributed by atoms with Crippen LogP contribution in [0.25, 0.3) is 0 Å². The van der Waals surface area contributed by atoms with Crippen molar-refractivity contribution in [2.75, 3.05) is 32.7 Å². The number of hydrogen-bond donors (Lipinski definition) is 1. The Morgan fingerprint density at radius 1 is 1.00 bits per heavy atom. The van der Waals surface area contributed by atoms with Crippen LogP contribution in [0.4, 0.5) is 0 Å². The van der Waals surface area contributed by atoms with Gasteiger partial charge in [-0.3, -0.25) is 9.69 Å². The first kappa shape index (κ1) is 16.7. The van der Waals surface area contributed by atoms with E-state index in [4.69, 9.17) is 4.42 Å². The second kappa shape index (κ2) is 8.66. The molecule has 1 amide bonds. The number of benzene rings is 1. The minimum atomic E-state index is 0.0816. The number of hydrogen-bond acceptors (Lipinski definition) is 4. The molecule has 5 nitrogen and oxygen atoms in total. The number of piperazine rings is 1. The van der Waals surface area contributed by atoms with Crippen LogP contribution in [0.2, 0.25) is 0 Å². The molecule has 128 valence electrons. The standard InChI is InChI=1S/C19H25N3O2/c23-19(20-15-18-7-4-14-24-18)8-9-21-10-12-22(13-11-21)16-17-5-2-1-3-6-17/h1-7,14H,8-13,15-16H2,(H,20,23). The van der Waals surface area contributed by atoms with Crippen molar-refractivity contribution in [3.05, 3.63) is 60.1 Å². The predicted octanol–water partition coefficient (Wildman–Crippen LogP) is 2.10. The van der Waals surface area contributed by atoms with Crippen LogP contribution in [0.5, 0.6) is 0 Å². The topological polar surface area (TPSA) is 48.7 Å². The average Bonchev–Trinajstić information content (AvgIpc) is 3.14. The summed E-state index contributed by atoms with van der Waals surface area (Å²) in [5.41, 5.74) is 1.36. The summed E-state index contributed by atoms with van der Waals surface area (Å²) in [4.78, 5) is 16.7. The highest BCUT2D eigenvalue weighted by Crippen LogP contribution is 2.08. The number of nitrogens with zero attached hydrogens (tertiary/aromatic N) is 2. The van der Waals surface area contributed by atoms with Crippen molar-refractivity contribution in [2.24, 2.45) is 0 Å². The van der Waals surface area contributed by atoms with E-state index < -0.39 is 0 Å². The Morgan fingerprint density at radius 2 is 1.75 bits per heavy atom. The smallest absolute Gasteiger partial charge is 0.221 e. The van der Waals surface area contributed by atoms with Crippen molar-refractivity contribution in [3.63, 3.8) is 0 Å². The summed E-state index contributed by atoms with van der Waals surface area (Å²) in [6.07, 6.45) is 2.16. The van der Waals surface area contributed by atoms with Gasteiger partial charge in [0, 0.05) is 45.7 Å². The molecular formula is C19H25N3O2. The van der Waals surface area contributed by atoms with Crippen LogP contribution in [-0.4, -0.2) is 48.4 Å². The SMILES string of the molecule is O=C(CCN1CCN(Cc2ccccc2)CC1)NCc1ccco1. The quantitative estimate of drug-likeness (QED) is 0.846. The largest absolute Gasteiger partial charge is 0.467 e. The van der Waals surface area contributed by atoms with Crippen molar-refractivity contribution in [2.45, 2.75) is 19.5 Å². The van der Waals surface area contributed by atoms with Crippen LogP contribution in [0.15, 0.2) is 53.1 Å². The summed E-state index contributed by atoms with van der Waals surface area (Å²) in [5, 5.41) is 2.90. The van der Waals surface area contributed by atoms with Crippen molar-refractivity contribution >= 4 is 5.91 Å². The molecule has 0 saturated carbocycles. The van der Waals surface area contributed by atoms with Gasteiger partial charge in [-0.05, 0) is 17.7 Å². The first-order valence-electron chi connectivity index (χ1n) is 8.57. The van der Waals surface area contributed by atoms with Crippen molar-refractivity contribution in [1.29, 1.82) is 0 Å². The number of carbonyl (C=O) groups is 1. The van der Waals surface area contributed by atoms with Gasteiger partial charge in [0.25, 0.3) is 0 Å². The molecule has 1 N–H and O–H groups in total. The zero-order valence-corrected chi connectivity index (χ0v) is 14.0. The zero-order chi connectivity index (χ0) is 16.6. The lowest BCUT2D eigenvalue weighted by atomic mass is 10.2. The monoisotopic (exact) mass is 327 g/mol. The van der Waals surface area contributed by atoms with Crippen LogP contribution >= 0.6 is 0 Å². The summed E-state index contributed by atoms with van der Waals surface area (Å²) in [5.74, 6) is 0.871. The van der Waals surface area contributed by atoms with Crippen LogP contribution in [0.3, 0.4) is 0 Å². The average molecular weight is 327 g/mol. The third kappa shape index (κ3) is 5.22. The summed E-state index contributed by atoms with van der Waals surface area (Å²) in [6.45, 7) is 6.47. The molecule has 1 aliphatic rings. The van der Waals surface area contributed by atoms with E-state index in [0.717, 1.165) is 45.0 Å². The highest BCUT2D eigenvalue weighted by molar-refractivity contribution is 5.75. The van der Waals surface area contributed by atoms with Gasteiger partial charge in [-0.25, -0.2) is 0 Å². The summed E-state index contributed by atoms with van der Waals surface area (Å²) in [6, 6.07) is 14.3. The van der Waals surface area contributed by atoms with Gasteiger partial charge in [0.15, 0.2) is 0 Å². The maximum atomic E-state index is 11.9. The van der Waals surface area contributed by atoms with Gasteiger partial charge < -0.3 is 14.6 Å². The fourth-order valence-electron chi connectivity index (χ4n) is 2.96. The number of amides is 1. The molecule has 3 rings (SSSR count). The van der Waals surface area contributed by atoms with Crippen LogP contribution in [0.1, 0.15) is 17.7 Å². The van der Waals surface area contributed by atoms with Gasteiger partial charge in [0.2, 0.25) is 5.91 Å². The highest BCUT2D eigenvalue weighted by Gasteiger charge is 2.17. The van der Waals surface area contributed by atoms with Crippen LogP contribution in [-0.2, 0) is 17.9 Å². The zero-order valence-electron chi connectivity index (χ0n) is 14.0. The fraction of sp³-hybridized carbons (Fsp3) is 0.421. The third-order valence-electron chi connectivity index (χ3n) is 4.41. The summed E-state index contributed by atoms with van der Waals surface area (Å²) >= 11 is 0. The van der Waals surface area contributed by atoms with Crippen molar-refractivity contribution in [1.82, 2.24) is 15.1 Å². The maximum absolute atomic E-state index is 11.9. The van der Waals surface area contributed by atoms with Crippen molar-refractivity contribution in [3.8, 4) is 0 Å². The van der Waals surface area contributed by atoms with E-state index in [1.807, 2.05) is 12.1 Å². The van der Waals surface area contributed by atoms with Gasteiger partial charge in [-0.1, -0.05) is 30.3 Å². The number of carbonyl (C=O) groups excluding carboxylic acids is 1. The van der Waals surface area contributed by atoms with Gasteiger partial charge in [-0.15, -0.1) is 0 Å². The van der Waals surface area contributed by atoms with Gasteiger partial charge >= 0.3 is 0 Å². The lowest BCUT2D eigenvalue weighted by Gasteiger charge is -2.34. The summed E-state index contributed by atoms with van der Waals surface area (Å²) in [7, 11) is 0. The molecule has 5 heteroatoms. The van der Waals surface area contributed by atoms with Crippen LogP contribution in [0, 0.1) is 0 Å². The molecule has 1 aromatic carbocycles. The first-order chi connectivity index (χ1) is 11.8. The lowest BCUT2D eigenvalue weighted by molar-refractivity contribution is -0.121. The Morgan fingerprint density at radius 3 is 2.46 bits per heavy atom. The molecule has 1 aliphatic heterocycles. The Kier molecular flexibility index (Phi) is 6.04. The predicted molar refractivity (Wildman–Crippen MR) is 93.3 cm³/mol. The van der Waals surface area contributed by atoms with Gasteiger partial charge in [0.1, 0.15) is 5.76 Å². The van der Waals surface area contributed by atoms with E-state index in [-0.39, 0.29) is 5.91 Å². The lowest BCUT2D eigenvalue weighted by Crippen LogP contribution is -2.46. The van der Waals surface area contributed by atoms with E-state index in [0.29, 0.717) is 13.0 Å². The number of furan rings is 1. The molecule has 0 bridgehead atoms. The normalized spacial score (nSPS) is 16.2. The van der Waals surface area contributed by atoms with E-state index in [1.165, 1.54) is 5.56 Å². The maximum Gasteiger partial charge on any atom is 0.221 e. The molecule has 24 heavy (non-hydrogen) atoms. The van der Waals surface area contributed by atoms with E-state index in [9.17, 15) is 4.79 Å². The summed E-state index contributed by atoms with van der Waals surface area (Å²) < 4.78 is 5.21. The van der Waals surface area contributed by atoms with Gasteiger partial charge in [0.05, 0.1) is 12.8 Å². The minimum Gasteiger partial charge on any atom is -0.467 e. The fourth-order valence-corrected chi connectivity index (χ4v) is 2.96. The Balaban J connectivity index is 1.31. The van der Waals surface area contributed by atoms with E-state index in [1.54, 1.807) is 6.26 Å². The molecule has 0 aliphatic carbocycles. The Hall–Kier alpha value is -2.11. The highest BCUT2D eigenvalue weighted by atomic mass is 16.3. The molecule has 0 atom stereocenters. The molecule has 0 radical (unpaired) electrons. The molecular weight excluding hydrogens is 302 g/mol. The molecule has 1 saturated heterocycles. The van der Waals surface area contributed by atoms with E-state index in [2.05, 4.69) is 45.4 Å². The molecule has 0 spiro atoms. The molecule has 2 heterocycles. The molecule has 0 unspecified atom stereocenters. The first-order valence-corrected chi connectivity index (χ1v) is 8.57. The third-order valence-corrected chi connectivity index (χ3v) is 4.41. The number of rotatable bonds is 7. The minimum absolute atomic E-state index is 0.0816. The van der Waals surface area contributed by atoms with Crippen LogP contribution < -0.4 is 5.32 Å². The Labute approximate surface area is 143 Å². The Bertz CT molecular complexity index is 605. The van der Waals surface area contributed by atoms with Crippen molar-refractivity contribution < 1.29 is 9.21 Å². The molecule has 1 aromatic heterocycles.